The number of rotatable bonds is 1. The molecule has 4 heteroatoms. The van der Waals surface area contributed by atoms with Crippen molar-refractivity contribution in [2.24, 2.45) is 0 Å². The third-order valence-electron chi connectivity index (χ3n) is 2.90. The zero-order valence-corrected chi connectivity index (χ0v) is 10.2. The minimum absolute atomic E-state index is 0.183. The van der Waals surface area contributed by atoms with Crippen molar-refractivity contribution in [1.82, 2.24) is 0 Å². The van der Waals surface area contributed by atoms with Gasteiger partial charge in [0.05, 0.1) is 23.5 Å². The SMILES string of the molecule is CC1CN(c2ccc(N)cc2C#N)CC(C)O1. The highest BCUT2D eigenvalue weighted by molar-refractivity contribution is 5.64. The van der Waals surface area contributed by atoms with E-state index in [1.165, 1.54) is 0 Å². The highest BCUT2D eigenvalue weighted by Gasteiger charge is 2.23. The lowest BCUT2D eigenvalue weighted by molar-refractivity contribution is -0.00522. The van der Waals surface area contributed by atoms with E-state index in [0.29, 0.717) is 11.3 Å². The summed E-state index contributed by atoms with van der Waals surface area (Å²) in [6, 6.07) is 7.67. The Labute approximate surface area is 102 Å². The lowest BCUT2D eigenvalue weighted by atomic mass is 10.1. The third-order valence-corrected chi connectivity index (χ3v) is 2.90. The van der Waals surface area contributed by atoms with Crippen LogP contribution in [0.3, 0.4) is 0 Å². The highest BCUT2D eigenvalue weighted by atomic mass is 16.5. The maximum atomic E-state index is 9.14. The van der Waals surface area contributed by atoms with Crippen LogP contribution >= 0.6 is 0 Å². The Morgan fingerprint density at radius 1 is 1.35 bits per heavy atom. The molecule has 1 aromatic rings. The van der Waals surface area contributed by atoms with Crippen molar-refractivity contribution in [3.63, 3.8) is 0 Å². The molecule has 2 N–H and O–H groups in total. The number of nitrogens with two attached hydrogens (primary N) is 1. The Morgan fingerprint density at radius 3 is 2.59 bits per heavy atom. The van der Waals surface area contributed by atoms with E-state index in [-0.39, 0.29) is 12.2 Å². The fourth-order valence-electron chi connectivity index (χ4n) is 2.29. The number of morpholine rings is 1. The molecule has 0 aliphatic carbocycles. The van der Waals surface area contributed by atoms with Crippen LogP contribution in [0.15, 0.2) is 18.2 Å². The van der Waals surface area contributed by atoms with Gasteiger partial charge < -0.3 is 15.4 Å². The lowest BCUT2D eigenvalue weighted by Crippen LogP contribution is -2.45. The predicted molar refractivity (Wildman–Crippen MR) is 67.8 cm³/mol. The topological polar surface area (TPSA) is 62.3 Å². The summed E-state index contributed by atoms with van der Waals surface area (Å²) >= 11 is 0. The second-order valence-electron chi connectivity index (χ2n) is 4.55. The minimum atomic E-state index is 0.183. The maximum absolute atomic E-state index is 9.14. The first kappa shape index (κ1) is 11.7. The van der Waals surface area contributed by atoms with Crippen molar-refractivity contribution in [2.45, 2.75) is 26.1 Å². The molecule has 1 heterocycles. The van der Waals surface area contributed by atoms with Gasteiger partial charge in [-0.3, -0.25) is 0 Å². The fourth-order valence-corrected chi connectivity index (χ4v) is 2.29. The number of ether oxygens (including phenoxy) is 1. The number of nitrogens with zero attached hydrogens (tertiary/aromatic N) is 2. The summed E-state index contributed by atoms with van der Waals surface area (Å²) in [6.45, 7) is 5.71. The van der Waals surface area contributed by atoms with Crippen LogP contribution in [0.25, 0.3) is 0 Å². The molecule has 1 fully saturated rings. The van der Waals surface area contributed by atoms with Gasteiger partial charge in [0.2, 0.25) is 0 Å². The van der Waals surface area contributed by atoms with Crippen LogP contribution in [-0.2, 0) is 4.74 Å². The standard InChI is InChI=1S/C13H17N3O/c1-9-7-16(8-10(2)17-9)13-4-3-12(15)5-11(13)6-14/h3-5,9-10H,7-8,15H2,1-2H3. The quantitative estimate of drug-likeness (QED) is 0.748. The Balaban J connectivity index is 2.30. The summed E-state index contributed by atoms with van der Waals surface area (Å²) in [5, 5.41) is 9.14. The Hall–Kier alpha value is -1.73. The molecule has 2 rings (SSSR count). The van der Waals surface area contributed by atoms with Gasteiger partial charge in [0, 0.05) is 18.8 Å². The van der Waals surface area contributed by atoms with Crippen LogP contribution < -0.4 is 10.6 Å². The molecule has 1 aromatic carbocycles. The predicted octanol–water partition coefficient (Wildman–Crippen LogP) is 1.75. The second kappa shape index (κ2) is 4.64. The van der Waals surface area contributed by atoms with Crippen molar-refractivity contribution in [2.75, 3.05) is 23.7 Å². The maximum Gasteiger partial charge on any atom is 0.101 e. The molecule has 0 bridgehead atoms. The Kier molecular flexibility index (Phi) is 3.21. The average molecular weight is 231 g/mol. The van der Waals surface area contributed by atoms with Gasteiger partial charge in [-0.15, -0.1) is 0 Å². The number of hydrogen-bond acceptors (Lipinski definition) is 4. The van der Waals surface area contributed by atoms with Crippen molar-refractivity contribution in [3.8, 4) is 6.07 Å². The average Bonchev–Trinajstić information content (AvgIpc) is 2.27. The third kappa shape index (κ3) is 2.51. The van der Waals surface area contributed by atoms with E-state index in [4.69, 9.17) is 15.7 Å². The second-order valence-corrected chi connectivity index (χ2v) is 4.55. The summed E-state index contributed by atoms with van der Waals surface area (Å²) in [5.74, 6) is 0. The number of nitriles is 1. The van der Waals surface area contributed by atoms with Crippen LogP contribution in [0.4, 0.5) is 11.4 Å². The van der Waals surface area contributed by atoms with Crippen LogP contribution in [0.5, 0.6) is 0 Å². The summed E-state index contributed by atoms with van der Waals surface area (Å²) in [6.07, 6.45) is 0.366. The van der Waals surface area contributed by atoms with Crippen molar-refractivity contribution in [1.29, 1.82) is 5.26 Å². The van der Waals surface area contributed by atoms with E-state index in [9.17, 15) is 0 Å². The summed E-state index contributed by atoms with van der Waals surface area (Å²) < 4.78 is 5.69. The number of hydrogen-bond donors (Lipinski definition) is 1. The molecule has 1 aliphatic rings. The number of nitrogen functional groups attached to an aromatic ring is 1. The molecule has 1 saturated heterocycles. The van der Waals surface area contributed by atoms with Gasteiger partial charge in [0.1, 0.15) is 6.07 Å². The molecule has 0 spiro atoms. The van der Waals surface area contributed by atoms with Crippen molar-refractivity contribution in [3.05, 3.63) is 23.8 Å². The largest absolute Gasteiger partial charge is 0.399 e. The molecule has 0 amide bonds. The van der Waals surface area contributed by atoms with Gasteiger partial charge in [-0.25, -0.2) is 0 Å². The molecule has 0 radical (unpaired) electrons. The molecule has 4 nitrogen and oxygen atoms in total. The van der Waals surface area contributed by atoms with Gasteiger partial charge in [0.15, 0.2) is 0 Å². The van der Waals surface area contributed by atoms with E-state index in [0.717, 1.165) is 18.8 Å². The summed E-state index contributed by atoms with van der Waals surface area (Å²) in [7, 11) is 0. The monoisotopic (exact) mass is 231 g/mol. The van der Waals surface area contributed by atoms with E-state index >= 15 is 0 Å². The van der Waals surface area contributed by atoms with E-state index in [2.05, 4.69) is 11.0 Å². The number of benzene rings is 1. The molecule has 90 valence electrons. The molecule has 1 aliphatic heterocycles. The first-order valence-electron chi connectivity index (χ1n) is 5.80. The summed E-state index contributed by atoms with van der Waals surface area (Å²) in [4.78, 5) is 2.19. The molecule has 0 aromatic heterocycles. The molecule has 0 saturated carbocycles. The van der Waals surface area contributed by atoms with E-state index in [1.807, 2.05) is 26.0 Å². The smallest absolute Gasteiger partial charge is 0.101 e. The normalized spacial score (nSPS) is 24.4. The van der Waals surface area contributed by atoms with Crippen LogP contribution in [-0.4, -0.2) is 25.3 Å². The van der Waals surface area contributed by atoms with Crippen molar-refractivity contribution >= 4 is 11.4 Å². The van der Waals surface area contributed by atoms with Gasteiger partial charge in [-0.05, 0) is 32.0 Å². The van der Waals surface area contributed by atoms with Crippen LogP contribution in [0.2, 0.25) is 0 Å². The lowest BCUT2D eigenvalue weighted by Gasteiger charge is -2.37. The van der Waals surface area contributed by atoms with Crippen LogP contribution in [0.1, 0.15) is 19.4 Å². The van der Waals surface area contributed by atoms with Gasteiger partial charge >= 0.3 is 0 Å². The van der Waals surface area contributed by atoms with Gasteiger partial charge in [-0.2, -0.15) is 5.26 Å². The molecule has 2 atom stereocenters. The zero-order chi connectivity index (χ0) is 12.4. The zero-order valence-electron chi connectivity index (χ0n) is 10.2. The molecular weight excluding hydrogens is 214 g/mol. The van der Waals surface area contributed by atoms with E-state index in [1.54, 1.807) is 6.07 Å². The fraction of sp³-hybridized carbons (Fsp3) is 0.462. The number of anilines is 2. The van der Waals surface area contributed by atoms with Crippen LogP contribution in [0, 0.1) is 11.3 Å². The minimum Gasteiger partial charge on any atom is -0.399 e. The molecule has 2 unspecified atom stereocenters. The first-order chi connectivity index (χ1) is 8.10. The Bertz CT molecular complexity index is 442. The van der Waals surface area contributed by atoms with Crippen molar-refractivity contribution < 1.29 is 4.74 Å². The van der Waals surface area contributed by atoms with Gasteiger partial charge in [-0.1, -0.05) is 0 Å². The summed E-state index contributed by atoms with van der Waals surface area (Å²) in [5.41, 5.74) is 7.90. The Morgan fingerprint density at radius 2 is 2.00 bits per heavy atom. The van der Waals surface area contributed by atoms with Gasteiger partial charge in [0.25, 0.3) is 0 Å². The first-order valence-corrected chi connectivity index (χ1v) is 5.80. The molecule has 17 heavy (non-hydrogen) atoms. The molecular formula is C13H17N3O. The highest BCUT2D eigenvalue weighted by Crippen LogP contribution is 2.25. The van der Waals surface area contributed by atoms with E-state index < -0.39 is 0 Å².